The first kappa shape index (κ1) is 29.9. The SMILES string of the molecule is CCCC1=Cc2nc1c(OC(C)=O)cc1[nH]c(cc1CCC)c1nc(c([N+](=O)[O-])cc3[nH]c2cc3CCC)C(CCC)=C1. The van der Waals surface area contributed by atoms with Crippen molar-refractivity contribution in [2.45, 2.75) is 86.0 Å². The molecule has 224 valence electrons. The molecule has 0 saturated carbocycles. The van der Waals surface area contributed by atoms with E-state index in [9.17, 15) is 14.9 Å². The molecule has 9 nitrogen and oxygen atoms in total. The number of ether oxygens (including phenoxy) is 1. The summed E-state index contributed by atoms with van der Waals surface area (Å²) in [6.45, 7) is 9.74. The number of nitrogens with one attached hydrogen (secondary N) is 2. The predicted molar refractivity (Wildman–Crippen MR) is 173 cm³/mol. The minimum atomic E-state index is -0.423. The van der Waals surface area contributed by atoms with Crippen LogP contribution in [0.4, 0.5) is 5.69 Å². The van der Waals surface area contributed by atoms with E-state index in [1.54, 1.807) is 6.07 Å². The van der Waals surface area contributed by atoms with Crippen LogP contribution in [0.3, 0.4) is 0 Å². The Morgan fingerprint density at radius 3 is 1.72 bits per heavy atom. The van der Waals surface area contributed by atoms with Crippen molar-refractivity contribution in [1.29, 1.82) is 0 Å². The highest BCUT2D eigenvalue weighted by Gasteiger charge is 2.24. The maximum atomic E-state index is 12.6. The molecule has 3 aromatic rings. The number of fused-ring (bicyclic) bond motifs is 10. The lowest BCUT2D eigenvalue weighted by atomic mass is 10.1. The Labute approximate surface area is 251 Å². The van der Waals surface area contributed by atoms with E-state index in [1.807, 2.05) is 30.4 Å². The Kier molecular flexibility index (Phi) is 8.89. The quantitative estimate of drug-likeness (QED) is 0.140. The van der Waals surface area contributed by atoms with Crippen LogP contribution in [-0.2, 0) is 17.6 Å². The second-order valence-electron chi connectivity index (χ2n) is 11.2. The van der Waals surface area contributed by atoms with Gasteiger partial charge in [-0.3, -0.25) is 14.9 Å². The lowest BCUT2D eigenvalue weighted by molar-refractivity contribution is -0.385. The second kappa shape index (κ2) is 12.8. The fourth-order valence-electron chi connectivity index (χ4n) is 5.84. The molecule has 0 amide bonds. The second-order valence-corrected chi connectivity index (χ2v) is 11.2. The molecule has 43 heavy (non-hydrogen) atoms. The summed E-state index contributed by atoms with van der Waals surface area (Å²) in [5.74, 6) is -0.0353. The molecule has 0 unspecified atom stereocenters. The van der Waals surface area contributed by atoms with E-state index in [2.05, 4.69) is 37.7 Å². The Hall–Kier alpha value is -4.53. The Morgan fingerprint density at radius 1 is 0.744 bits per heavy atom. The van der Waals surface area contributed by atoms with E-state index in [0.29, 0.717) is 40.5 Å². The van der Waals surface area contributed by atoms with Crippen LogP contribution in [0.15, 0.2) is 24.3 Å². The van der Waals surface area contributed by atoms with E-state index >= 15 is 0 Å². The molecule has 0 aromatic carbocycles. The first-order valence-corrected chi connectivity index (χ1v) is 15.3. The van der Waals surface area contributed by atoms with Crippen LogP contribution < -0.4 is 4.74 Å². The summed E-state index contributed by atoms with van der Waals surface area (Å²) in [5.41, 5.74) is 9.12. The number of nitrogens with zero attached hydrogens (tertiary/aromatic N) is 3. The van der Waals surface area contributed by atoms with Gasteiger partial charge in [-0.1, -0.05) is 53.4 Å². The van der Waals surface area contributed by atoms with Gasteiger partial charge in [-0.25, -0.2) is 9.97 Å². The van der Waals surface area contributed by atoms with E-state index in [0.717, 1.165) is 83.8 Å². The number of carbonyl (C=O) groups excluding carboxylic acids is 1. The number of rotatable bonds is 10. The average molecular weight is 582 g/mol. The van der Waals surface area contributed by atoms with Gasteiger partial charge in [-0.05, 0) is 72.2 Å². The van der Waals surface area contributed by atoms with Crippen molar-refractivity contribution in [2.24, 2.45) is 0 Å². The van der Waals surface area contributed by atoms with Crippen LogP contribution >= 0.6 is 0 Å². The molecule has 2 aliphatic heterocycles. The summed E-state index contributed by atoms with van der Waals surface area (Å²) < 4.78 is 5.83. The number of aromatic nitrogens is 4. The van der Waals surface area contributed by atoms with Gasteiger partial charge in [0.2, 0.25) is 0 Å². The van der Waals surface area contributed by atoms with Gasteiger partial charge in [-0.15, -0.1) is 0 Å². The molecule has 0 saturated heterocycles. The summed E-state index contributed by atoms with van der Waals surface area (Å²) in [6.07, 6.45) is 10.4. The summed E-state index contributed by atoms with van der Waals surface area (Å²) in [4.78, 5) is 41.3. The minimum Gasteiger partial charge on any atom is -0.424 e. The molecule has 5 rings (SSSR count). The van der Waals surface area contributed by atoms with E-state index in [4.69, 9.17) is 14.7 Å². The number of carbonyl (C=O) groups is 1. The number of nitro groups is 1. The highest BCUT2D eigenvalue weighted by atomic mass is 16.6. The number of esters is 1. The van der Waals surface area contributed by atoms with Gasteiger partial charge in [0.15, 0.2) is 5.75 Å². The fraction of sp³-hybridized carbons (Fsp3) is 0.382. The standard InChI is InChI=1S/C34H39N5O4/c1-6-10-21-14-28-30-17-24(13-9-4)34(38-30)32(43-20(5)40)19-26-22(11-7-2)15-27(36-26)29-16-23(12-8-3)33(37-29)31(39(41)42)18-25(21)35-28/h14-19,35-36H,6-13H2,1-5H3. The molecular weight excluding hydrogens is 542 g/mol. The van der Waals surface area contributed by atoms with Gasteiger partial charge in [0.1, 0.15) is 11.4 Å². The van der Waals surface area contributed by atoms with E-state index < -0.39 is 5.97 Å². The van der Waals surface area contributed by atoms with Crippen LogP contribution in [0.5, 0.6) is 5.75 Å². The summed E-state index contributed by atoms with van der Waals surface area (Å²) in [5, 5.41) is 12.6. The molecule has 3 aromatic heterocycles. The zero-order chi connectivity index (χ0) is 30.7. The van der Waals surface area contributed by atoms with Crippen molar-refractivity contribution in [3.05, 3.63) is 68.3 Å². The molecule has 0 atom stereocenters. The van der Waals surface area contributed by atoms with Crippen LogP contribution in [0.25, 0.3) is 45.4 Å². The van der Waals surface area contributed by atoms with Crippen molar-refractivity contribution in [3.8, 4) is 5.75 Å². The Bertz CT molecular complexity index is 1810. The first-order valence-electron chi connectivity index (χ1n) is 15.3. The number of hydrogen-bond acceptors (Lipinski definition) is 6. The fourth-order valence-corrected chi connectivity index (χ4v) is 5.84. The maximum absolute atomic E-state index is 12.6. The van der Waals surface area contributed by atoms with E-state index in [1.165, 1.54) is 6.92 Å². The van der Waals surface area contributed by atoms with Gasteiger partial charge in [0.25, 0.3) is 5.69 Å². The van der Waals surface area contributed by atoms with Gasteiger partial charge >= 0.3 is 5.97 Å². The van der Waals surface area contributed by atoms with Crippen molar-refractivity contribution >= 4 is 57.0 Å². The molecule has 0 spiro atoms. The van der Waals surface area contributed by atoms with E-state index in [-0.39, 0.29) is 10.6 Å². The minimum absolute atomic E-state index is 0.0343. The van der Waals surface area contributed by atoms with Crippen molar-refractivity contribution in [2.75, 3.05) is 0 Å². The topological polar surface area (TPSA) is 127 Å². The van der Waals surface area contributed by atoms with Crippen LogP contribution in [0.2, 0.25) is 0 Å². The van der Waals surface area contributed by atoms with Crippen molar-refractivity contribution in [3.63, 3.8) is 0 Å². The molecule has 2 N–H and O–H groups in total. The molecule has 0 radical (unpaired) electrons. The van der Waals surface area contributed by atoms with Crippen molar-refractivity contribution in [1.82, 2.24) is 19.9 Å². The highest BCUT2D eigenvalue weighted by molar-refractivity contribution is 5.93. The number of allylic oxidation sites excluding steroid dienone is 2. The highest BCUT2D eigenvalue weighted by Crippen LogP contribution is 2.37. The molecular formula is C34H39N5O4. The third-order valence-corrected chi connectivity index (χ3v) is 7.67. The maximum Gasteiger partial charge on any atom is 0.308 e. The lowest BCUT2D eigenvalue weighted by Gasteiger charge is -2.06. The van der Waals surface area contributed by atoms with Gasteiger partial charge in [-0.2, -0.15) is 0 Å². The lowest BCUT2D eigenvalue weighted by Crippen LogP contribution is -2.03. The first-order chi connectivity index (χ1) is 20.8. The number of aromatic amines is 2. The summed E-state index contributed by atoms with van der Waals surface area (Å²) in [7, 11) is 0. The molecule has 0 aliphatic carbocycles. The van der Waals surface area contributed by atoms with Gasteiger partial charge in [0, 0.05) is 30.1 Å². The zero-order valence-electron chi connectivity index (χ0n) is 25.6. The predicted octanol–water partition coefficient (Wildman–Crippen LogP) is 8.73. The van der Waals surface area contributed by atoms with Crippen LogP contribution in [0.1, 0.15) is 107 Å². The number of aryl methyl sites for hydroxylation is 2. The molecule has 0 fully saturated rings. The van der Waals surface area contributed by atoms with Crippen LogP contribution in [0, 0.1) is 10.1 Å². The molecule has 5 heterocycles. The third-order valence-electron chi connectivity index (χ3n) is 7.67. The molecule has 2 aliphatic rings. The Morgan fingerprint density at radius 2 is 1.23 bits per heavy atom. The third kappa shape index (κ3) is 6.16. The van der Waals surface area contributed by atoms with Gasteiger partial charge in [0.05, 0.1) is 27.3 Å². The van der Waals surface area contributed by atoms with Gasteiger partial charge < -0.3 is 14.7 Å². The van der Waals surface area contributed by atoms with Crippen LogP contribution in [-0.4, -0.2) is 30.8 Å². The summed E-state index contributed by atoms with van der Waals surface area (Å²) in [6, 6.07) is 7.54. The normalized spacial score (nSPS) is 12.7. The largest absolute Gasteiger partial charge is 0.424 e. The molecule has 9 heteroatoms. The van der Waals surface area contributed by atoms with Crippen molar-refractivity contribution < 1.29 is 14.5 Å². The zero-order valence-corrected chi connectivity index (χ0v) is 25.6. The monoisotopic (exact) mass is 581 g/mol. The number of H-pyrrole nitrogens is 2. The smallest absolute Gasteiger partial charge is 0.308 e. The average Bonchev–Trinajstić information content (AvgIpc) is 3.73. The number of hydrogen-bond donors (Lipinski definition) is 2. The molecule has 8 bridgehead atoms. The Balaban J connectivity index is 2.00. The summed E-state index contributed by atoms with van der Waals surface area (Å²) >= 11 is 0.